The van der Waals surface area contributed by atoms with E-state index in [1.54, 1.807) is 101 Å². The zero-order chi connectivity index (χ0) is 45.6. The second-order valence-corrected chi connectivity index (χ2v) is 18.0. The SMILES string of the molecule is COC(=O)O[C@@]12CO[C@@H]1C[C@H](O)[C@@]1(C)C(=O)[C@H](OC(C)=O)C3=C(C)[C@@H](OC(=O)[C@H](C)[C@@H](NC(=O)c4ccccc4)c4ccccc4)C[C@@](O)([C@@H](OC(=O)C4=CC=CCC4)[C@H]21)C3(C)C. The molecular formula is C48H55NO14. The number of amides is 1. The molecule has 336 valence electrons. The van der Waals surface area contributed by atoms with Crippen LogP contribution in [0.15, 0.2) is 95.6 Å². The number of ether oxygens (including phenoxy) is 6. The molecule has 4 aliphatic carbocycles. The number of aliphatic hydroxyl groups excluding tert-OH is 1. The van der Waals surface area contributed by atoms with E-state index in [0.29, 0.717) is 24.0 Å². The molecule has 5 aliphatic rings. The summed E-state index contributed by atoms with van der Waals surface area (Å²) in [5, 5.41) is 28.9. The van der Waals surface area contributed by atoms with E-state index in [1.165, 1.54) is 6.92 Å². The van der Waals surface area contributed by atoms with Crippen molar-refractivity contribution in [3.63, 3.8) is 0 Å². The quantitative estimate of drug-likeness (QED) is 0.159. The van der Waals surface area contributed by atoms with Crippen molar-refractivity contribution in [3.05, 3.63) is 107 Å². The molecule has 7 rings (SSSR count). The molecule has 1 saturated heterocycles. The summed E-state index contributed by atoms with van der Waals surface area (Å²) in [5.41, 5.74) is -6.25. The van der Waals surface area contributed by atoms with Crippen molar-refractivity contribution in [2.24, 2.45) is 22.7 Å². The maximum Gasteiger partial charge on any atom is 0.508 e. The first kappa shape index (κ1) is 45.4. The molecule has 11 atom stereocenters. The lowest BCUT2D eigenvalue weighted by atomic mass is 9.44. The van der Waals surface area contributed by atoms with Crippen LogP contribution in [0.4, 0.5) is 4.79 Å². The van der Waals surface area contributed by atoms with Gasteiger partial charge in [0, 0.05) is 36.3 Å². The number of hydrogen-bond donors (Lipinski definition) is 3. The highest BCUT2D eigenvalue weighted by Gasteiger charge is 2.78. The minimum absolute atomic E-state index is 0.0709. The Morgan fingerprint density at radius 2 is 1.62 bits per heavy atom. The number of hydrogen-bond acceptors (Lipinski definition) is 14. The highest BCUT2D eigenvalue weighted by Crippen LogP contribution is 2.64. The number of allylic oxidation sites excluding steroid dienone is 3. The maximum absolute atomic E-state index is 15.6. The molecule has 3 N–H and O–H groups in total. The molecule has 2 aromatic carbocycles. The van der Waals surface area contributed by atoms with Crippen molar-refractivity contribution in [1.29, 1.82) is 0 Å². The number of Topliss-reactive ketones (excluding diaryl/α,β-unsaturated/α-hetero) is 1. The molecule has 1 aliphatic heterocycles. The summed E-state index contributed by atoms with van der Waals surface area (Å²) < 4.78 is 35.6. The molecule has 3 fully saturated rings. The summed E-state index contributed by atoms with van der Waals surface area (Å²) in [5.74, 6) is -6.35. The lowest BCUT2D eigenvalue weighted by molar-refractivity contribution is -0.345. The Morgan fingerprint density at radius 1 is 0.952 bits per heavy atom. The third-order valence-electron chi connectivity index (χ3n) is 14.2. The van der Waals surface area contributed by atoms with Gasteiger partial charge in [-0.25, -0.2) is 9.59 Å². The van der Waals surface area contributed by atoms with Crippen LogP contribution in [0.2, 0.25) is 0 Å². The summed E-state index contributed by atoms with van der Waals surface area (Å²) in [6, 6.07) is 16.5. The number of fused-ring (bicyclic) bond motifs is 5. The Kier molecular flexibility index (Phi) is 12.4. The molecule has 0 radical (unpaired) electrons. The average molecular weight is 870 g/mol. The van der Waals surface area contributed by atoms with E-state index in [4.69, 9.17) is 28.4 Å². The van der Waals surface area contributed by atoms with E-state index < -0.39 is 113 Å². The van der Waals surface area contributed by atoms with Crippen molar-refractivity contribution < 1.29 is 67.4 Å². The van der Waals surface area contributed by atoms with Gasteiger partial charge in [-0.2, -0.15) is 0 Å². The first-order valence-corrected chi connectivity index (χ1v) is 21.2. The third kappa shape index (κ3) is 7.67. The van der Waals surface area contributed by atoms with Crippen molar-refractivity contribution in [2.75, 3.05) is 13.7 Å². The molecule has 15 nitrogen and oxygen atoms in total. The van der Waals surface area contributed by atoms with Gasteiger partial charge in [0.15, 0.2) is 17.5 Å². The van der Waals surface area contributed by atoms with E-state index in [2.05, 4.69) is 5.32 Å². The van der Waals surface area contributed by atoms with Crippen LogP contribution in [0.25, 0.3) is 0 Å². The van der Waals surface area contributed by atoms with Crippen LogP contribution >= 0.6 is 0 Å². The summed E-state index contributed by atoms with van der Waals surface area (Å²) in [6.45, 7) is 8.60. The van der Waals surface area contributed by atoms with Crippen LogP contribution in [0.5, 0.6) is 0 Å². The van der Waals surface area contributed by atoms with E-state index in [1.807, 2.05) is 6.08 Å². The molecule has 63 heavy (non-hydrogen) atoms. The van der Waals surface area contributed by atoms with E-state index in [-0.39, 0.29) is 29.7 Å². The van der Waals surface area contributed by atoms with Gasteiger partial charge in [0.25, 0.3) is 5.91 Å². The number of nitrogens with one attached hydrogen (secondary N) is 1. The molecule has 15 heteroatoms. The maximum atomic E-state index is 15.6. The van der Waals surface area contributed by atoms with Gasteiger partial charge < -0.3 is 44.0 Å². The van der Waals surface area contributed by atoms with Crippen LogP contribution < -0.4 is 5.32 Å². The second kappa shape index (κ2) is 17.1. The number of rotatable bonds is 10. The Balaban J connectivity index is 1.39. The van der Waals surface area contributed by atoms with Gasteiger partial charge in [0.2, 0.25) is 0 Å². The highest BCUT2D eigenvalue weighted by molar-refractivity contribution is 5.96. The van der Waals surface area contributed by atoms with Gasteiger partial charge >= 0.3 is 24.1 Å². The van der Waals surface area contributed by atoms with Gasteiger partial charge in [-0.05, 0) is 62.5 Å². The fourth-order valence-electron chi connectivity index (χ4n) is 10.5. The number of carbonyl (C=O) groups is 6. The molecule has 0 spiro atoms. The predicted molar refractivity (Wildman–Crippen MR) is 223 cm³/mol. The zero-order valence-corrected chi connectivity index (χ0v) is 36.5. The standard InChI is InChI=1S/C48H55NO14/c1-26-32(61-42(54)27(2)36(29-17-11-8-12-18-29)49-41(53)30-19-13-9-14-20-30)24-48(57)40(62-43(55)31-21-15-10-16-22-31)38-46(6,39(52)37(60-28(3)50)35(26)45(48,4)5)33(51)23-34-47(38,25-59-34)63-44(56)58-7/h8-15,17-21,27,32-34,36-38,40,51,57H,16,22-25H2,1-7H3,(H,49,53)/t27-,32+,33+,34-,36-,37-,38+,40+,46-,47+,48-/m1/s1. The number of carbonyl (C=O) groups excluding carboxylic acids is 6. The minimum atomic E-state index is -2.33. The van der Waals surface area contributed by atoms with E-state index in [0.717, 1.165) is 14.0 Å². The van der Waals surface area contributed by atoms with Gasteiger partial charge in [-0.3, -0.25) is 19.2 Å². The molecule has 1 heterocycles. The van der Waals surface area contributed by atoms with Crippen molar-refractivity contribution in [1.82, 2.24) is 5.32 Å². The van der Waals surface area contributed by atoms with Crippen molar-refractivity contribution >= 4 is 35.8 Å². The van der Waals surface area contributed by atoms with Crippen LogP contribution in [-0.4, -0.2) is 101 Å². The third-order valence-corrected chi connectivity index (χ3v) is 14.2. The van der Waals surface area contributed by atoms with Crippen LogP contribution in [0.1, 0.15) is 89.2 Å². The number of aliphatic hydroxyl groups is 2. The number of esters is 3. The Labute approximate surface area is 365 Å². The summed E-state index contributed by atoms with van der Waals surface area (Å²) in [6.07, 6.45) is -3.37. The number of methoxy groups -OCH3 is 1. The second-order valence-electron chi connectivity index (χ2n) is 18.0. The van der Waals surface area contributed by atoms with Gasteiger partial charge in [-0.1, -0.05) is 80.6 Å². The molecule has 0 unspecified atom stereocenters. The molecule has 2 bridgehead atoms. The number of benzene rings is 2. The Bertz CT molecular complexity index is 2250. The molecule has 2 saturated carbocycles. The lowest BCUT2D eigenvalue weighted by Crippen LogP contribution is -2.82. The smallest absolute Gasteiger partial charge is 0.457 e. The van der Waals surface area contributed by atoms with Gasteiger partial charge in [-0.15, -0.1) is 0 Å². The largest absolute Gasteiger partial charge is 0.508 e. The van der Waals surface area contributed by atoms with Crippen LogP contribution in [0.3, 0.4) is 0 Å². The first-order chi connectivity index (χ1) is 29.8. The van der Waals surface area contributed by atoms with Crippen LogP contribution in [-0.2, 0) is 47.6 Å². The van der Waals surface area contributed by atoms with Crippen molar-refractivity contribution in [3.8, 4) is 0 Å². The minimum Gasteiger partial charge on any atom is -0.457 e. The molecule has 0 aromatic heterocycles. The Hall–Kier alpha value is -5.64. The Morgan fingerprint density at radius 3 is 2.21 bits per heavy atom. The van der Waals surface area contributed by atoms with E-state index >= 15 is 4.79 Å². The van der Waals surface area contributed by atoms with E-state index in [9.17, 15) is 34.2 Å². The fourth-order valence-corrected chi connectivity index (χ4v) is 10.5. The first-order valence-electron chi connectivity index (χ1n) is 21.2. The zero-order valence-electron chi connectivity index (χ0n) is 36.5. The van der Waals surface area contributed by atoms with Gasteiger partial charge in [0.05, 0.1) is 43.1 Å². The number of ketones is 1. The van der Waals surface area contributed by atoms with Crippen LogP contribution in [0, 0.1) is 22.7 Å². The summed E-state index contributed by atoms with van der Waals surface area (Å²) in [4.78, 5) is 84.3. The van der Waals surface area contributed by atoms with Gasteiger partial charge in [0.1, 0.15) is 23.9 Å². The van der Waals surface area contributed by atoms with Crippen molar-refractivity contribution in [2.45, 2.75) is 115 Å². The average Bonchev–Trinajstić information content (AvgIpc) is 3.26. The lowest BCUT2D eigenvalue weighted by Gasteiger charge is -2.67. The molecule has 1 amide bonds. The summed E-state index contributed by atoms with van der Waals surface area (Å²) >= 11 is 0. The fraction of sp³-hybridized carbons (Fsp3) is 0.500. The predicted octanol–water partition coefficient (Wildman–Crippen LogP) is 5.19. The summed E-state index contributed by atoms with van der Waals surface area (Å²) in [7, 11) is 1.10. The normalized spacial score (nSPS) is 32.7. The highest BCUT2D eigenvalue weighted by atomic mass is 16.8. The molecular weight excluding hydrogens is 815 g/mol. The topological polar surface area (TPSA) is 210 Å². The molecule has 2 aromatic rings. The monoisotopic (exact) mass is 869 g/mol.